The molecule has 0 aliphatic carbocycles. The van der Waals surface area contributed by atoms with Crippen LogP contribution in [0.2, 0.25) is 0 Å². The van der Waals surface area contributed by atoms with Gasteiger partial charge in [0, 0.05) is 14.1 Å². The van der Waals surface area contributed by atoms with Crippen LogP contribution >= 0.6 is 11.6 Å². The molecule has 0 N–H and O–H groups in total. The van der Waals surface area contributed by atoms with Gasteiger partial charge in [-0.25, -0.2) is 0 Å². The van der Waals surface area contributed by atoms with Gasteiger partial charge in [-0.1, -0.05) is 24.3 Å². The Bertz CT molecular complexity index is 336. The lowest BCUT2D eigenvalue weighted by atomic mass is 10.1. The SMILES string of the molecule is Cc1ccccc1C(Cl)C(=O)N(C)C. The number of alkyl halides is 1. The molecule has 0 saturated carbocycles. The quantitative estimate of drug-likeness (QED) is 0.688. The van der Waals surface area contributed by atoms with Crippen LogP contribution in [0, 0.1) is 6.92 Å². The van der Waals surface area contributed by atoms with E-state index in [2.05, 4.69) is 0 Å². The van der Waals surface area contributed by atoms with Gasteiger partial charge in [0.1, 0.15) is 5.38 Å². The zero-order valence-electron chi connectivity index (χ0n) is 8.62. The first-order chi connectivity index (χ1) is 6.54. The number of benzene rings is 1. The maximum absolute atomic E-state index is 11.6. The molecule has 0 saturated heterocycles. The third kappa shape index (κ3) is 2.26. The first-order valence-electron chi connectivity index (χ1n) is 4.45. The second kappa shape index (κ2) is 4.47. The summed E-state index contributed by atoms with van der Waals surface area (Å²) in [5, 5.41) is -0.578. The van der Waals surface area contributed by atoms with Gasteiger partial charge in [0.15, 0.2) is 0 Å². The van der Waals surface area contributed by atoms with Crippen LogP contribution in [0.5, 0.6) is 0 Å². The average molecular weight is 212 g/mol. The smallest absolute Gasteiger partial charge is 0.244 e. The number of likely N-dealkylation sites (N-methyl/N-ethyl adjacent to an activating group) is 1. The lowest BCUT2D eigenvalue weighted by Crippen LogP contribution is -2.25. The standard InChI is InChI=1S/C11H14ClNO/c1-8-6-4-5-7-9(8)10(12)11(14)13(2)3/h4-7,10H,1-3H3. The van der Waals surface area contributed by atoms with Crippen molar-refractivity contribution in [1.82, 2.24) is 4.90 Å². The average Bonchev–Trinajstić information content (AvgIpc) is 2.16. The van der Waals surface area contributed by atoms with E-state index in [4.69, 9.17) is 11.6 Å². The minimum Gasteiger partial charge on any atom is -0.347 e. The maximum Gasteiger partial charge on any atom is 0.244 e. The molecule has 1 unspecified atom stereocenters. The van der Waals surface area contributed by atoms with Crippen LogP contribution in [0.4, 0.5) is 0 Å². The van der Waals surface area contributed by atoms with Gasteiger partial charge >= 0.3 is 0 Å². The highest BCUT2D eigenvalue weighted by Gasteiger charge is 2.20. The third-order valence-electron chi connectivity index (χ3n) is 2.12. The van der Waals surface area contributed by atoms with Crippen molar-refractivity contribution in [2.24, 2.45) is 0 Å². The molecule has 2 nitrogen and oxygen atoms in total. The Morgan fingerprint density at radius 1 is 1.36 bits per heavy atom. The molecular weight excluding hydrogens is 198 g/mol. The maximum atomic E-state index is 11.6. The van der Waals surface area contributed by atoms with Crippen LogP contribution in [-0.2, 0) is 4.79 Å². The Balaban J connectivity index is 2.95. The molecule has 0 spiro atoms. The first-order valence-corrected chi connectivity index (χ1v) is 4.88. The summed E-state index contributed by atoms with van der Waals surface area (Å²) in [6.07, 6.45) is 0. The highest BCUT2D eigenvalue weighted by atomic mass is 35.5. The van der Waals surface area contributed by atoms with Gasteiger partial charge in [0.2, 0.25) is 5.91 Å². The summed E-state index contributed by atoms with van der Waals surface area (Å²) in [5.74, 6) is -0.0824. The monoisotopic (exact) mass is 211 g/mol. The predicted molar refractivity (Wildman–Crippen MR) is 58.5 cm³/mol. The molecule has 0 aliphatic heterocycles. The fourth-order valence-corrected chi connectivity index (χ4v) is 1.67. The summed E-state index contributed by atoms with van der Waals surface area (Å²) in [4.78, 5) is 13.1. The van der Waals surface area contributed by atoms with Crippen LogP contribution in [0.1, 0.15) is 16.5 Å². The van der Waals surface area contributed by atoms with E-state index in [0.717, 1.165) is 11.1 Å². The molecule has 76 valence electrons. The zero-order valence-corrected chi connectivity index (χ0v) is 9.38. The first kappa shape index (κ1) is 11.1. The Morgan fingerprint density at radius 3 is 2.43 bits per heavy atom. The fraction of sp³-hybridized carbons (Fsp3) is 0.364. The van der Waals surface area contributed by atoms with Crippen molar-refractivity contribution in [3.05, 3.63) is 35.4 Å². The van der Waals surface area contributed by atoms with Crippen molar-refractivity contribution >= 4 is 17.5 Å². The van der Waals surface area contributed by atoms with Gasteiger partial charge in [-0.3, -0.25) is 4.79 Å². The van der Waals surface area contributed by atoms with Gasteiger partial charge in [-0.15, -0.1) is 11.6 Å². The highest BCUT2D eigenvalue weighted by Crippen LogP contribution is 2.24. The number of carbonyl (C=O) groups excluding carboxylic acids is 1. The number of rotatable bonds is 2. The minimum absolute atomic E-state index is 0.0824. The van der Waals surface area contributed by atoms with Gasteiger partial charge in [-0.2, -0.15) is 0 Å². The Kier molecular flexibility index (Phi) is 3.53. The summed E-state index contributed by atoms with van der Waals surface area (Å²) in [6.45, 7) is 1.95. The molecule has 1 rings (SSSR count). The topological polar surface area (TPSA) is 20.3 Å². The summed E-state index contributed by atoms with van der Waals surface area (Å²) in [7, 11) is 3.41. The van der Waals surface area contributed by atoms with E-state index in [1.54, 1.807) is 14.1 Å². The molecule has 0 radical (unpaired) electrons. The number of halogens is 1. The van der Waals surface area contributed by atoms with E-state index in [-0.39, 0.29) is 5.91 Å². The van der Waals surface area contributed by atoms with Gasteiger partial charge < -0.3 is 4.90 Å². The van der Waals surface area contributed by atoms with E-state index in [1.807, 2.05) is 31.2 Å². The van der Waals surface area contributed by atoms with E-state index in [0.29, 0.717) is 0 Å². The molecular formula is C11H14ClNO. The largest absolute Gasteiger partial charge is 0.347 e. The molecule has 1 atom stereocenters. The molecule has 0 fully saturated rings. The second-order valence-corrected chi connectivity index (χ2v) is 3.89. The van der Waals surface area contributed by atoms with Crippen molar-refractivity contribution in [2.75, 3.05) is 14.1 Å². The summed E-state index contributed by atoms with van der Waals surface area (Å²) in [5.41, 5.74) is 1.93. The molecule has 0 aromatic heterocycles. The number of nitrogens with zero attached hydrogens (tertiary/aromatic N) is 1. The van der Waals surface area contributed by atoms with Crippen LogP contribution < -0.4 is 0 Å². The lowest BCUT2D eigenvalue weighted by Gasteiger charge is -2.16. The van der Waals surface area contributed by atoms with Gasteiger partial charge in [-0.05, 0) is 18.1 Å². The van der Waals surface area contributed by atoms with Crippen molar-refractivity contribution in [3.8, 4) is 0 Å². The molecule has 14 heavy (non-hydrogen) atoms. The van der Waals surface area contributed by atoms with Crippen molar-refractivity contribution in [1.29, 1.82) is 0 Å². The van der Waals surface area contributed by atoms with E-state index in [9.17, 15) is 4.79 Å². The van der Waals surface area contributed by atoms with Crippen molar-refractivity contribution in [2.45, 2.75) is 12.3 Å². The lowest BCUT2D eigenvalue weighted by molar-refractivity contribution is -0.128. The number of carbonyl (C=O) groups is 1. The van der Waals surface area contributed by atoms with Crippen LogP contribution in [0.25, 0.3) is 0 Å². The normalized spacial score (nSPS) is 12.3. The number of hydrogen-bond acceptors (Lipinski definition) is 1. The van der Waals surface area contributed by atoms with E-state index in [1.165, 1.54) is 4.90 Å². The van der Waals surface area contributed by atoms with Crippen LogP contribution in [-0.4, -0.2) is 24.9 Å². The minimum atomic E-state index is -0.578. The second-order valence-electron chi connectivity index (χ2n) is 3.45. The number of amides is 1. The molecule has 0 aliphatic rings. The number of hydrogen-bond donors (Lipinski definition) is 0. The predicted octanol–water partition coefficient (Wildman–Crippen LogP) is 2.36. The summed E-state index contributed by atoms with van der Waals surface area (Å²) < 4.78 is 0. The summed E-state index contributed by atoms with van der Waals surface area (Å²) in [6, 6.07) is 7.66. The molecule has 0 bridgehead atoms. The molecule has 3 heteroatoms. The zero-order chi connectivity index (χ0) is 10.7. The fourth-order valence-electron chi connectivity index (χ4n) is 1.23. The Morgan fingerprint density at radius 2 is 1.93 bits per heavy atom. The summed E-state index contributed by atoms with van der Waals surface area (Å²) >= 11 is 6.07. The van der Waals surface area contributed by atoms with Crippen LogP contribution in [0.3, 0.4) is 0 Å². The Labute approximate surface area is 89.5 Å². The van der Waals surface area contributed by atoms with Gasteiger partial charge in [0.05, 0.1) is 0 Å². The van der Waals surface area contributed by atoms with Crippen molar-refractivity contribution in [3.63, 3.8) is 0 Å². The van der Waals surface area contributed by atoms with Crippen molar-refractivity contribution < 1.29 is 4.79 Å². The van der Waals surface area contributed by atoms with Crippen LogP contribution in [0.15, 0.2) is 24.3 Å². The molecule has 1 aromatic rings. The van der Waals surface area contributed by atoms with Gasteiger partial charge in [0.25, 0.3) is 0 Å². The Hall–Kier alpha value is -1.02. The molecule has 0 heterocycles. The molecule has 1 aromatic carbocycles. The third-order valence-corrected chi connectivity index (χ3v) is 2.54. The molecule has 1 amide bonds. The van der Waals surface area contributed by atoms with E-state index < -0.39 is 5.38 Å². The highest BCUT2D eigenvalue weighted by molar-refractivity contribution is 6.30. The number of aryl methyl sites for hydroxylation is 1. The van der Waals surface area contributed by atoms with E-state index >= 15 is 0 Å².